The minimum absolute atomic E-state index is 0.00634. The number of pyridine rings is 1. The molecule has 0 saturated heterocycles. The molecule has 0 atom stereocenters. The van der Waals surface area contributed by atoms with Crippen molar-refractivity contribution >= 4 is 34.2 Å². The lowest BCUT2D eigenvalue weighted by molar-refractivity contribution is -0.118. The molecule has 8 nitrogen and oxygen atoms in total. The van der Waals surface area contributed by atoms with Crippen LogP contribution in [0.2, 0.25) is 0 Å². The molecule has 4 aromatic rings. The van der Waals surface area contributed by atoms with Gasteiger partial charge in [-0.3, -0.25) is 14.6 Å². The molecule has 1 aliphatic heterocycles. The summed E-state index contributed by atoms with van der Waals surface area (Å²) >= 11 is 0. The largest absolute Gasteiger partial charge is 0.482 e. The van der Waals surface area contributed by atoms with Gasteiger partial charge in [0.15, 0.2) is 6.61 Å². The van der Waals surface area contributed by atoms with Gasteiger partial charge in [0.25, 0.3) is 11.8 Å². The van der Waals surface area contributed by atoms with E-state index in [4.69, 9.17) is 4.74 Å². The first-order chi connectivity index (χ1) is 14.2. The van der Waals surface area contributed by atoms with Crippen LogP contribution in [0.15, 0.2) is 60.9 Å². The number of para-hydroxylation sites is 1. The summed E-state index contributed by atoms with van der Waals surface area (Å²) in [5.41, 5.74) is 3.70. The number of carbonyl (C=O) groups excluding carboxylic acids is 2. The molecule has 0 fully saturated rings. The summed E-state index contributed by atoms with van der Waals surface area (Å²) in [5, 5.41) is 5.61. The van der Waals surface area contributed by atoms with Crippen molar-refractivity contribution in [3.05, 3.63) is 66.5 Å². The zero-order valence-corrected chi connectivity index (χ0v) is 15.1. The highest BCUT2D eigenvalue weighted by atomic mass is 16.5. The smallest absolute Gasteiger partial charge is 0.262 e. The number of carbonyl (C=O) groups is 2. The Morgan fingerprint density at radius 1 is 1.14 bits per heavy atom. The molecular formula is C21H15N5O3. The second-order valence-electron chi connectivity index (χ2n) is 6.53. The first-order valence-corrected chi connectivity index (χ1v) is 8.94. The van der Waals surface area contributed by atoms with Crippen molar-refractivity contribution < 1.29 is 14.3 Å². The normalized spacial score (nSPS) is 12.8. The third kappa shape index (κ3) is 3.16. The van der Waals surface area contributed by atoms with Crippen molar-refractivity contribution in [3.63, 3.8) is 0 Å². The van der Waals surface area contributed by atoms with Gasteiger partial charge in [-0.15, -0.1) is 0 Å². The maximum atomic E-state index is 12.7. The highest BCUT2D eigenvalue weighted by Crippen LogP contribution is 2.32. The van der Waals surface area contributed by atoms with Gasteiger partial charge in [-0.25, -0.2) is 4.98 Å². The van der Waals surface area contributed by atoms with Crippen LogP contribution in [0.3, 0.4) is 0 Å². The number of benzene rings is 2. The van der Waals surface area contributed by atoms with Crippen LogP contribution in [-0.4, -0.2) is 33.4 Å². The minimum Gasteiger partial charge on any atom is -0.482 e. The third-order valence-electron chi connectivity index (χ3n) is 4.56. The van der Waals surface area contributed by atoms with E-state index < -0.39 is 0 Å². The number of amides is 2. The summed E-state index contributed by atoms with van der Waals surface area (Å²) in [7, 11) is 0. The van der Waals surface area contributed by atoms with E-state index in [1.807, 2.05) is 12.1 Å². The molecule has 2 aromatic heterocycles. The predicted molar refractivity (Wildman–Crippen MR) is 108 cm³/mol. The summed E-state index contributed by atoms with van der Waals surface area (Å²) in [6.07, 6.45) is 3.22. The van der Waals surface area contributed by atoms with Gasteiger partial charge in [0.05, 0.1) is 28.7 Å². The average Bonchev–Trinajstić information content (AvgIpc) is 3.18. The second kappa shape index (κ2) is 6.75. The number of nitrogens with zero attached hydrogens (tertiary/aromatic N) is 2. The van der Waals surface area contributed by atoms with E-state index in [1.54, 1.807) is 48.8 Å². The molecule has 8 heteroatoms. The van der Waals surface area contributed by atoms with Gasteiger partial charge in [-0.2, -0.15) is 0 Å². The van der Waals surface area contributed by atoms with Crippen LogP contribution in [0.1, 0.15) is 10.4 Å². The van der Waals surface area contributed by atoms with E-state index in [9.17, 15) is 9.59 Å². The van der Waals surface area contributed by atoms with Gasteiger partial charge in [-0.1, -0.05) is 6.07 Å². The van der Waals surface area contributed by atoms with Gasteiger partial charge >= 0.3 is 0 Å². The van der Waals surface area contributed by atoms with E-state index in [2.05, 4.69) is 25.6 Å². The summed E-state index contributed by atoms with van der Waals surface area (Å²) in [4.78, 5) is 36.2. The van der Waals surface area contributed by atoms with E-state index in [-0.39, 0.29) is 18.4 Å². The summed E-state index contributed by atoms with van der Waals surface area (Å²) < 4.78 is 5.39. The number of nitrogens with one attached hydrogen (secondary N) is 3. The Morgan fingerprint density at radius 3 is 2.93 bits per heavy atom. The summed E-state index contributed by atoms with van der Waals surface area (Å²) in [6, 6.07) is 14.3. The zero-order chi connectivity index (χ0) is 19.8. The molecule has 142 valence electrons. The molecular weight excluding hydrogens is 370 g/mol. The van der Waals surface area contributed by atoms with E-state index in [0.29, 0.717) is 34.0 Å². The molecule has 0 spiro atoms. The van der Waals surface area contributed by atoms with Crippen molar-refractivity contribution in [2.75, 3.05) is 17.2 Å². The van der Waals surface area contributed by atoms with Gasteiger partial charge in [0, 0.05) is 11.8 Å². The Labute approximate surface area is 165 Å². The number of imidazole rings is 1. The number of rotatable bonds is 3. The van der Waals surface area contributed by atoms with Crippen LogP contribution in [0.25, 0.3) is 22.4 Å². The minimum atomic E-state index is -0.271. The summed E-state index contributed by atoms with van der Waals surface area (Å²) in [5.74, 6) is 0.728. The van der Waals surface area contributed by atoms with Crippen LogP contribution in [-0.2, 0) is 4.79 Å². The molecule has 29 heavy (non-hydrogen) atoms. The van der Waals surface area contributed by atoms with Crippen LogP contribution in [0, 0.1) is 0 Å². The van der Waals surface area contributed by atoms with Crippen LogP contribution in [0.4, 0.5) is 11.4 Å². The molecule has 2 aromatic carbocycles. The third-order valence-corrected chi connectivity index (χ3v) is 4.56. The van der Waals surface area contributed by atoms with Crippen LogP contribution >= 0.6 is 0 Å². The highest BCUT2D eigenvalue weighted by molar-refractivity contribution is 6.11. The lowest BCUT2D eigenvalue weighted by Crippen LogP contribution is -2.25. The fraction of sp³-hybridized carbons (Fsp3) is 0.0476. The predicted octanol–water partition coefficient (Wildman–Crippen LogP) is 3.21. The quantitative estimate of drug-likeness (QED) is 0.502. The molecule has 0 radical (unpaired) electrons. The fourth-order valence-electron chi connectivity index (χ4n) is 3.22. The monoisotopic (exact) mass is 385 g/mol. The SMILES string of the molecule is O=C1COc2ccc(-c3nc4c(C(=O)Nc5cccnc5)cccc4[nH]3)cc2N1. The summed E-state index contributed by atoms with van der Waals surface area (Å²) in [6.45, 7) is 0.00634. The lowest BCUT2D eigenvalue weighted by atomic mass is 10.1. The zero-order valence-electron chi connectivity index (χ0n) is 15.1. The van der Waals surface area contributed by atoms with Crippen molar-refractivity contribution in [2.45, 2.75) is 0 Å². The maximum absolute atomic E-state index is 12.7. The Balaban J connectivity index is 1.51. The van der Waals surface area contributed by atoms with Crippen LogP contribution < -0.4 is 15.4 Å². The van der Waals surface area contributed by atoms with E-state index >= 15 is 0 Å². The molecule has 2 amide bonds. The molecule has 0 saturated carbocycles. The van der Waals surface area contributed by atoms with Gasteiger partial charge in [-0.05, 0) is 42.5 Å². The van der Waals surface area contributed by atoms with Gasteiger partial charge < -0.3 is 20.4 Å². The Bertz CT molecular complexity index is 1250. The number of ether oxygens (including phenoxy) is 1. The Hall–Kier alpha value is -4.20. The number of hydrogen-bond acceptors (Lipinski definition) is 5. The number of aromatic amines is 1. The first kappa shape index (κ1) is 16.9. The number of aromatic nitrogens is 3. The van der Waals surface area contributed by atoms with E-state index in [1.165, 1.54) is 0 Å². The number of fused-ring (bicyclic) bond motifs is 2. The molecule has 0 unspecified atom stereocenters. The Morgan fingerprint density at radius 2 is 2.07 bits per heavy atom. The number of anilines is 2. The highest BCUT2D eigenvalue weighted by Gasteiger charge is 2.19. The molecule has 3 N–H and O–H groups in total. The lowest BCUT2D eigenvalue weighted by Gasteiger charge is -2.18. The number of hydrogen-bond donors (Lipinski definition) is 3. The van der Waals surface area contributed by atoms with Crippen molar-refractivity contribution in [1.29, 1.82) is 0 Å². The molecule has 5 rings (SSSR count). The maximum Gasteiger partial charge on any atom is 0.262 e. The second-order valence-corrected chi connectivity index (χ2v) is 6.53. The van der Waals surface area contributed by atoms with Crippen molar-refractivity contribution in [2.24, 2.45) is 0 Å². The Kier molecular flexibility index (Phi) is 3.94. The van der Waals surface area contributed by atoms with Gasteiger partial charge in [0.1, 0.15) is 17.1 Å². The van der Waals surface area contributed by atoms with Gasteiger partial charge in [0.2, 0.25) is 0 Å². The molecule has 0 bridgehead atoms. The van der Waals surface area contributed by atoms with Crippen molar-refractivity contribution in [3.8, 4) is 17.1 Å². The standard InChI is InChI=1S/C21H15N5O3/c27-18-11-29-17-7-6-12(9-16(17)24-18)20-25-15-5-1-4-14(19(15)26-20)21(28)23-13-3-2-8-22-10-13/h1-10H,11H2,(H,23,28)(H,24,27)(H,25,26). The molecule has 3 heterocycles. The average molecular weight is 385 g/mol. The van der Waals surface area contributed by atoms with Crippen LogP contribution in [0.5, 0.6) is 5.75 Å². The topological polar surface area (TPSA) is 109 Å². The fourth-order valence-corrected chi connectivity index (χ4v) is 3.22. The number of H-pyrrole nitrogens is 1. The van der Waals surface area contributed by atoms with E-state index in [0.717, 1.165) is 11.1 Å². The molecule has 1 aliphatic rings. The molecule has 0 aliphatic carbocycles. The first-order valence-electron chi connectivity index (χ1n) is 8.94. The van der Waals surface area contributed by atoms with Crippen molar-refractivity contribution in [1.82, 2.24) is 15.0 Å².